The van der Waals surface area contributed by atoms with Gasteiger partial charge in [0, 0.05) is 19.6 Å². The van der Waals surface area contributed by atoms with Crippen LogP contribution in [0.3, 0.4) is 0 Å². The number of carbonyl (C=O) groups excluding carboxylic acids is 1. The zero-order valence-corrected chi connectivity index (χ0v) is 12.6. The Balaban J connectivity index is 1.35. The lowest BCUT2D eigenvalue weighted by Gasteiger charge is -2.25. The average Bonchev–Trinajstić information content (AvgIpc) is 3.31. The summed E-state index contributed by atoms with van der Waals surface area (Å²) in [6, 6.07) is 8.61. The highest BCUT2D eigenvalue weighted by Crippen LogP contribution is 2.32. The van der Waals surface area contributed by atoms with Crippen molar-refractivity contribution in [3.8, 4) is 0 Å². The number of ether oxygens (including phenoxy) is 1. The minimum Gasteiger partial charge on any atom is -0.373 e. The zero-order valence-electron chi connectivity index (χ0n) is 12.6. The maximum absolute atomic E-state index is 11.6. The van der Waals surface area contributed by atoms with Gasteiger partial charge in [-0.05, 0) is 55.6 Å². The van der Waals surface area contributed by atoms with Gasteiger partial charge >= 0.3 is 0 Å². The van der Waals surface area contributed by atoms with Gasteiger partial charge < -0.3 is 10.1 Å². The summed E-state index contributed by atoms with van der Waals surface area (Å²) in [7, 11) is 0. The van der Waals surface area contributed by atoms with Crippen molar-refractivity contribution in [2.75, 3.05) is 13.2 Å². The predicted octanol–water partition coefficient (Wildman–Crippen LogP) is 3.39. The van der Waals surface area contributed by atoms with E-state index in [2.05, 4.69) is 29.6 Å². The Labute approximate surface area is 127 Å². The molecule has 3 nitrogen and oxygen atoms in total. The molecule has 1 amide bonds. The highest BCUT2D eigenvalue weighted by Gasteiger charge is 2.24. The maximum atomic E-state index is 11.6. The number of hydrogen-bond acceptors (Lipinski definition) is 2. The molecule has 3 heteroatoms. The summed E-state index contributed by atoms with van der Waals surface area (Å²) >= 11 is 0. The number of nitrogens with one attached hydrogen (secondary N) is 1. The van der Waals surface area contributed by atoms with E-state index in [9.17, 15) is 4.79 Å². The fourth-order valence-electron chi connectivity index (χ4n) is 3.06. The summed E-state index contributed by atoms with van der Waals surface area (Å²) in [5.41, 5.74) is 2.80. The van der Waals surface area contributed by atoms with Gasteiger partial charge in [0.1, 0.15) is 0 Å². The molecule has 2 aliphatic carbocycles. The Morgan fingerprint density at radius 3 is 2.95 bits per heavy atom. The molecule has 0 radical (unpaired) electrons. The fourth-order valence-corrected chi connectivity index (χ4v) is 3.06. The topological polar surface area (TPSA) is 38.3 Å². The minimum atomic E-state index is 0.209. The second-order valence-corrected chi connectivity index (χ2v) is 6.30. The van der Waals surface area contributed by atoms with Gasteiger partial charge in [-0.1, -0.05) is 24.3 Å². The number of aryl methyl sites for hydroxylation is 1. The summed E-state index contributed by atoms with van der Waals surface area (Å²) in [4.78, 5) is 11.6. The maximum Gasteiger partial charge on any atom is 0.220 e. The van der Waals surface area contributed by atoms with E-state index >= 15 is 0 Å². The summed E-state index contributed by atoms with van der Waals surface area (Å²) in [6.45, 7) is 1.46. The van der Waals surface area contributed by atoms with E-state index in [-0.39, 0.29) is 12.0 Å². The van der Waals surface area contributed by atoms with E-state index in [1.165, 1.54) is 36.8 Å². The molecule has 1 atom stereocenters. The van der Waals surface area contributed by atoms with Gasteiger partial charge in [0.25, 0.3) is 0 Å². The third-order valence-electron chi connectivity index (χ3n) is 4.45. The molecule has 0 spiro atoms. The van der Waals surface area contributed by atoms with Crippen molar-refractivity contribution in [3.05, 3.63) is 35.4 Å². The van der Waals surface area contributed by atoms with E-state index in [0.717, 1.165) is 32.4 Å². The van der Waals surface area contributed by atoms with Crippen molar-refractivity contribution in [2.24, 2.45) is 5.92 Å². The van der Waals surface area contributed by atoms with Crippen LogP contribution in [0.4, 0.5) is 0 Å². The number of rotatable bonds is 7. The normalized spacial score (nSPS) is 20.9. The van der Waals surface area contributed by atoms with Crippen LogP contribution >= 0.6 is 0 Å². The third kappa shape index (κ3) is 4.31. The predicted molar refractivity (Wildman–Crippen MR) is 83.0 cm³/mol. The van der Waals surface area contributed by atoms with E-state index < -0.39 is 0 Å². The summed E-state index contributed by atoms with van der Waals surface area (Å²) < 4.78 is 6.03. The molecule has 21 heavy (non-hydrogen) atoms. The lowest BCUT2D eigenvalue weighted by atomic mass is 9.89. The molecule has 0 aliphatic heterocycles. The summed E-state index contributed by atoms with van der Waals surface area (Å²) in [5.74, 6) is 0.875. The van der Waals surface area contributed by atoms with Gasteiger partial charge in [-0.3, -0.25) is 4.79 Å². The lowest BCUT2D eigenvalue weighted by molar-refractivity contribution is -0.121. The molecule has 0 unspecified atom stereocenters. The standard InChI is InChI=1S/C18H25NO2/c20-18(13-14-9-10-14)19-11-4-12-21-17-8-3-6-15-5-1-2-7-16(15)17/h1-2,5,7,14,17H,3-4,6,8-13H2,(H,19,20)/t17-/m1/s1. The Kier molecular flexibility index (Phi) is 4.91. The van der Waals surface area contributed by atoms with Gasteiger partial charge in [-0.25, -0.2) is 0 Å². The Bertz CT molecular complexity index is 482. The largest absolute Gasteiger partial charge is 0.373 e. The molecule has 1 saturated carbocycles. The van der Waals surface area contributed by atoms with Gasteiger partial charge in [-0.15, -0.1) is 0 Å². The molecule has 0 saturated heterocycles. The second kappa shape index (κ2) is 7.08. The van der Waals surface area contributed by atoms with Crippen LogP contribution in [-0.4, -0.2) is 19.1 Å². The molecule has 0 bridgehead atoms. The van der Waals surface area contributed by atoms with Crippen LogP contribution in [0, 0.1) is 5.92 Å². The second-order valence-electron chi connectivity index (χ2n) is 6.30. The molecule has 1 aromatic carbocycles. The van der Waals surface area contributed by atoms with Crippen LogP contribution in [0.1, 0.15) is 55.8 Å². The van der Waals surface area contributed by atoms with Gasteiger partial charge in [0.15, 0.2) is 0 Å². The number of hydrogen-bond donors (Lipinski definition) is 1. The van der Waals surface area contributed by atoms with Crippen LogP contribution in [-0.2, 0) is 16.0 Å². The quantitative estimate of drug-likeness (QED) is 0.781. The molecular formula is C18H25NO2. The smallest absolute Gasteiger partial charge is 0.220 e. The zero-order chi connectivity index (χ0) is 14.5. The van der Waals surface area contributed by atoms with Crippen LogP contribution in [0.25, 0.3) is 0 Å². The van der Waals surface area contributed by atoms with Crippen molar-refractivity contribution in [1.29, 1.82) is 0 Å². The van der Waals surface area contributed by atoms with Gasteiger partial charge in [-0.2, -0.15) is 0 Å². The minimum absolute atomic E-state index is 0.209. The average molecular weight is 287 g/mol. The summed E-state index contributed by atoms with van der Waals surface area (Å²) in [5, 5.41) is 2.99. The molecule has 1 fully saturated rings. The first kappa shape index (κ1) is 14.6. The molecule has 2 aliphatic rings. The lowest BCUT2D eigenvalue weighted by Crippen LogP contribution is -2.25. The monoisotopic (exact) mass is 287 g/mol. The summed E-state index contributed by atoms with van der Waals surface area (Å²) in [6.07, 6.45) is 7.83. The van der Waals surface area contributed by atoms with Crippen LogP contribution in [0.15, 0.2) is 24.3 Å². The molecule has 1 N–H and O–H groups in total. The van der Waals surface area contributed by atoms with E-state index in [0.29, 0.717) is 5.92 Å². The van der Waals surface area contributed by atoms with E-state index in [4.69, 9.17) is 4.74 Å². The SMILES string of the molecule is O=C(CC1CC1)NCCCO[C@@H]1CCCc2ccccc21. The molecule has 0 heterocycles. The number of carbonyl (C=O) groups is 1. The van der Waals surface area contributed by atoms with Crippen LogP contribution in [0.5, 0.6) is 0 Å². The van der Waals surface area contributed by atoms with Crippen molar-refractivity contribution < 1.29 is 9.53 Å². The first-order valence-electron chi connectivity index (χ1n) is 8.29. The molecule has 114 valence electrons. The van der Waals surface area contributed by atoms with Crippen molar-refractivity contribution >= 4 is 5.91 Å². The highest BCUT2D eigenvalue weighted by molar-refractivity contribution is 5.76. The highest BCUT2D eigenvalue weighted by atomic mass is 16.5. The first-order chi connectivity index (χ1) is 10.3. The van der Waals surface area contributed by atoms with Gasteiger partial charge in [0.05, 0.1) is 6.10 Å². The number of amides is 1. The van der Waals surface area contributed by atoms with E-state index in [1.807, 2.05) is 0 Å². The molecule has 0 aromatic heterocycles. The first-order valence-corrected chi connectivity index (χ1v) is 8.29. The van der Waals surface area contributed by atoms with Crippen LogP contribution < -0.4 is 5.32 Å². The van der Waals surface area contributed by atoms with Crippen molar-refractivity contribution in [2.45, 2.75) is 51.0 Å². The Hall–Kier alpha value is -1.35. The number of fused-ring (bicyclic) bond motifs is 1. The van der Waals surface area contributed by atoms with Crippen LogP contribution in [0.2, 0.25) is 0 Å². The van der Waals surface area contributed by atoms with Crippen molar-refractivity contribution in [3.63, 3.8) is 0 Å². The Morgan fingerprint density at radius 1 is 1.24 bits per heavy atom. The molecule has 1 aromatic rings. The van der Waals surface area contributed by atoms with E-state index in [1.54, 1.807) is 0 Å². The number of benzene rings is 1. The van der Waals surface area contributed by atoms with Gasteiger partial charge in [0.2, 0.25) is 5.91 Å². The molecule has 3 rings (SSSR count). The Morgan fingerprint density at radius 2 is 2.10 bits per heavy atom. The molecular weight excluding hydrogens is 262 g/mol. The van der Waals surface area contributed by atoms with Crippen molar-refractivity contribution in [1.82, 2.24) is 5.32 Å². The fraction of sp³-hybridized carbons (Fsp3) is 0.611. The third-order valence-corrected chi connectivity index (χ3v) is 4.45.